The monoisotopic (exact) mass is 689 g/mol. The smallest absolute Gasteiger partial charge is 0.264 e. The predicted octanol–water partition coefficient (Wildman–Crippen LogP) is 6.07. The number of ether oxygens (including phenoxy) is 2. The minimum atomic E-state index is -4.38. The van der Waals surface area contributed by atoms with E-state index in [1.165, 1.54) is 49.5 Å². The van der Waals surface area contributed by atoms with Crippen molar-refractivity contribution in [1.82, 2.24) is 10.2 Å². The summed E-state index contributed by atoms with van der Waals surface area (Å²) in [5.41, 5.74) is 3.27. The maximum atomic E-state index is 14.7. The van der Waals surface area contributed by atoms with E-state index in [9.17, 15) is 22.4 Å². The summed E-state index contributed by atoms with van der Waals surface area (Å²) >= 11 is 0. The van der Waals surface area contributed by atoms with E-state index >= 15 is 0 Å². The number of carbonyl (C=O) groups is 2. The SMILES string of the molecule is COc1ccc(S(=O)(=O)N(CC(=O)N(Cc2ccc(F)cc2)C(Cc2ccccc2)C(=O)NCC(C)C)c2cc(C)cc(C)c2)cc1OC. The first-order valence-corrected chi connectivity index (χ1v) is 17.4. The van der Waals surface area contributed by atoms with Gasteiger partial charge in [-0.15, -0.1) is 0 Å². The molecule has 49 heavy (non-hydrogen) atoms. The number of halogens is 1. The van der Waals surface area contributed by atoms with Gasteiger partial charge in [-0.1, -0.05) is 62.4 Å². The molecule has 0 radical (unpaired) electrons. The lowest BCUT2D eigenvalue weighted by atomic mass is 10.0. The fourth-order valence-electron chi connectivity index (χ4n) is 5.49. The van der Waals surface area contributed by atoms with E-state index < -0.39 is 34.3 Å². The van der Waals surface area contributed by atoms with Crippen molar-refractivity contribution in [1.29, 1.82) is 0 Å². The minimum Gasteiger partial charge on any atom is -0.493 e. The first-order valence-electron chi connectivity index (χ1n) is 16.0. The van der Waals surface area contributed by atoms with Gasteiger partial charge in [-0.3, -0.25) is 13.9 Å². The Kier molecular flexibility index (Phi) is 12.4. The second-order valence-corrected chi connectivity index (χ2v) is 14.2. The third-order valence-corrected chi connectivity index (χ3v) is 9.71. The van der Waals surface area contributed by atoms with Crippen LogP contribution in [0.2, 0.25) is 0 Å². The van der Waals surface area contributed by atoms with Gasteiger partial charge >= 0.3 is 0 Å². The van der Waals surface area contributed by atoms with Gasteiger partial charge in [0.2, 0.25) is 11.8 Å². The molecule has 0 fully saturated rings. The second kappa shape index (κ2) is 16.5. The van der Waals surface area contributed by atoms with E-state index in [0.717, 1.165) is 21.0 Å². The zero-order valence-electron chi connectivity index (χ0n) is 28.8. The Labute approximate surface area is 288 Å². The molecule has 0 aliphatic rings. The molecule has 0 heterocycles. The highest BCUT2D eigenvalue weighted by molar-refractivity contribution is 7.92. The van der Waals surface area contributed by atoms with Crippen molar-refractivity contribution in [3.63, 3.8) is 0 Å². The van der Waals surface area contributed by atoms with Crippen LogP contribution in [-0.4, -0.2) is 58.5 Å². The number of hydrogen-bond acceptors (Lipinski definition) is 6. The zero-order valence-corrected chi connectivity index (χ0v) is 29.6. The van der Waals surface area contributed by atoms with Gasteiger partial charge in [-0.05, 0) is 78.4 Å². The summed E-state index contributed by atoms with van der Waals surface area (Å²) in [5.74, 6) is -0.745. The highest BCUT2D eigenvalue weighted by Gasteiger charge is 2.35. The van der Waals surface area contributed by atoms with Crippen LogP contribution >= 0.6 is 0 Å². The van der Waals surface area contributed by atoms with Gasteiger partial charge in [0.15, 0.2) is 11.5 Å². The number of sulfonamides is 1. The molecule has 260 valence electrons. The number of hydrogen-bond donors (Lipinski definition) is 1. The van der Waals surface area contributed by atoms with Crippen LogP contribution in [0.4, 0.5) is 10.1 Å². The summed E-state index contributed by atoms with van der Waals surface area (Å²) in [6.45, 7) is 7.31. The summed E-state index contributed by atoms with van der Waals surface area (Å²) in [7, 11) is -1.52. The van der Waals surface area contributed by atoms with Crippen LogP contribution in [0.5, 0.6) is 11.5 Å². The molecule has 1 atom stereocenters. The van der Waals surface area contributed by atoms with Crippen molar-refractivity contribution >= 4 is 27.5 Å². The fourth-order valence-corrected chi connectivity index (χ4v) is 6.90. The maximum absolute atomic E-state index is 14.7. The molecule has 0 aliphatic carbocycles. The number of anilines is 1. The van der Waals surface area contributed by atoms with Crippen LogP contribution in [0, 0.1) is 25.6 Å². The average molecular weight is 690 g/mol. The van der Waals surface area contributed by atoms with E-state index in [4.69, 9.17) is 9.47 Å². The molecule has 0 bridgehead atoms. The van der Waals surface area contributed by atoms with Crippen LogP contribution in [0.15, 0.2) is 95.9 Å². The number of nitrogens with one attached hydrogen (secondary N) is 1. The summed E-state index contributed by atoms with van der Waals surface area (Å²) < 4.78 is 54.7. The molecule has 4 rings (SSSR count). The normalized spacial score (nSPS) is 11.9. The highest BCUT2D eigenvalue weighted by Crippen LogP contribution is 2.33. The maximum Gasteiger partial charge on any atom is 0.264 e. The Bertz CT molecular complexity index is 1830. The number of nitrogens with zero attached hydrogens (tertiary/aromatic N) is 2. The van der Waals surface area contributed by atoms with Crippen LogP contribution in [-0.2, 0) is 32.6 Å². The number of methoxy groups -OCH3 is 2. The molecule has 2 amide bonds. The van der Waals surface area contributed by atoms with Gasteiger partial charge in [0, 0.05) is 25.6 Å². The summed E-state index contributed by atoms with van der Waals surface area (Å²) in [6.07, 6.45) is 0.170. The summed E-state index contributed by atoms with van der Waals surface area (Å²) in [4.78, 5) is 29.9. The third-order valence-electron chi connectivity index (χ3n) is 7.94. The minimum absolute atomic E-state index is 0.0667. The van der Waals surface area contributed by atoms with Gasteiger partial charge in [-0.2, -0.15) is 0 Å². The quantitative estimate of drug-likeness (QED) is 0.163. The lowest BCUT2D eigenvalue weighted by Gasteiger charge is -2.34. The first-order chi connectivity index (χ1) is 23.3. The third kappa shape index (κ3) is 9.60. The van der Waals surface area contributed by atoms with E-state index in [0.29, 0.717) is 17.9 Å². The first kappa shape index (κ1) is 36.9. The molecule has 1 N–H and O–H groups in total. The largest absolute Gasteiger partial charge is 0.493 e. The van der Waals surface area contributed by atoms with Crippen LogP contribution < -0.4 is 19.1 Å². The van der Waals surface area contributed by atoms with E-state index in [-0.39, 0.29) is 41.1 Å². The van der Waals surface area contributed by atoms with Gasteiger partial charge in [0.05, 0.1) is 24.8 Å². The Morgan fingerprint density at radius 3 is 2.04 bits per heavy atom. The molecule has 4 aromatic rings. The number of carbonyl (C=O) groups excluding carboxylic acids is 2. The molecule has 0 saturated carbocycles. The van der Waals surface area contributed by atoms with Crippen LogP contribution in [0.3, 0.4) is 0 Å². The van der Waals surface area contributed by atoms with Crippen molar-refractivity contribution in [2.24, 2.45) is 5.92 Å². The summed E-state index contributed by atoms with van der Waals surface area (Å²) in [6, 6.07) is 23.5. The average Bonchev–Trinajstić information content (AvgIpc) is 3.07. The van der Waals surface area contributed by atoms with Gasteiger partial charge in [-0.25, -0.2) is 12.8 Å². The van der Waals surface area contributed by atoms with Crippen molar-refractivity contribution in [2.45, 2.75) is 51.6 Å². The van der Waals surface area contributed by atoms with Crippen molar-refractivity contribution < 1.29 is 31.9 Å². The molecule has 4 aromatic carbocycles. The number of aryl methyl sites for hydroxylation is 2. The molecule has 11 heteroatoms. The highest BCUT2D eigenvalue weighted by atomic mass is 32.2. The molecule has 0 spiro atoms. The standard InChI is InChI=1S/C38H44FN3O6S/c1-26(2)23-40-38(44)34(21-29-10-8-7-9-11-29)41(24-30-12-14-31(39)15-13-30)37(43)25-42(32-19-27(3)18-28(4)20-32)49(45,46)33-16-17-35(47-5)36(22-33)48-6/h7-20,22,26,34H,21,23-25H2,1-6H3,(H,40,44). The molecule has 1 unspecified atom stereocenters. The van der Waals surface area contributed by atoms with Gasteiger partial charge in [0.1, 0.15) is 18.4 Å². The number of amides is 2. The Morgan fingerprint density at radius 1 is 0.816 bits per heavy atom. The topological polar surface area (TPSA) is 105 Å². The number of benzene rings is 4. The predicted molar refractivity (Wildman–Crippen MR) is 189 cm³/mol. The van der Waals surface area contributed by atoms with E-state index in [2.05, 4.69) is 5.32 Å². The van der Waals surface area contributed by atoms with E-state index in [1.807, 2.05) is 64.1 Å². The zero-order chi connectivity index (χ0) is 35.7. The van der Waals surface area contributed by atoms with Crippen LogP contribution in [0.25, 0.3) is 0 Å². The van der Waals surface area contributed by atoms with Gasteiger partial charge < -0.3 is 19.7 Å². The molecular weight excluding hydrogens is 645 g/mol. The van der Waals surface area contributed by atoms with Crippen molar-refractivity contribution in [3.05, 3.63) is 119 Å². The second-order valence-electron chi connectivity index (χ2n) is 12.4. The molecule has 9 nitrogen and oxygen atoms in total. The molecule has 0 saturated heterocycles. The fraction of sp³-hybridized carbons (Fsp3) is 0.316. The Balaban J connectivity index is 1.84. The number of rotatable bonds is 15. The lowest BCUT2D eigenvalue weighted by molar-refractivity contribution is -0.140. The Morgan fingerprint density at radius 2 is 1.45 bits per heavy atom. The molecule has 0 aliphatic heterocycles. The van der Waals surface area contributed by atoms with Crippen molar-refractivity contribution in [3.8, 4) is 11.5 Å². The van der Waals surface area contributed by atoms with Gasteiger partial charge in [0.25, 0.3) is 10.0 Å². The van der Waals surface area contributed by atoms with E-state index in [1.54, 1.807) is 24.3 Å². The van der Waals surface area contributed by atoms with Crippen LogP contribution in [0.1, 0.15) is 36.1 Å². The Hall–Kier alpha value is -4.90. The molecular formula is C38H44FN3O6S. The summed E-state index contributed by atoms with van der Waals surface area (Å²) in [5, 5.41) is 2.96. The lowest BCUT2D eigenvalue weighted by Crippen LogP contribution is -2.53. The van der Waals surface area contributed by atoms with Crippen molar-refractivity contribution in [2.75, 3.05) is 31.6 Å². The molecule has 0 aromatic heterocycles.